The Kier molecular flexibility index (Phi) is 8.91. The van der Waals surface area contributed by atoms with Gasteiger partial charge in [-0.05, 0) is 30.7 Å². The average Bonchev–Trinajstić information content (AvgIpc) is 2.88. The highest BCUT2D eigenvalue weighted by Gasteiger charge is 2.31. The van der Waals surface area contributed by atoms with Gasteiger partial charge in [0, 0.05) is 6.54 Å². The molecule has 1 aliphatic heterocycles. The maximum atomic E-state index is 12.8. The van der Waals surface area contributed by atoms with Gasteiger partial charge in [-0.25, -0.2) is 9.59 Å². The number of rotatable bonds is 7. The second kappa shape index (κ2) is 11.4. The molecule has 1 heterocycles. The number of carbonyl (C=O) groups excluding carboxylic acids is 2. The number of nitrogens with one attached hydrogen (secondary N) is 2. The van der Waals surface area contributed by atoms with Gasteiger partial charge >= 0.3 is 12.2 Å². The Morgan fingerprint density at radius 2 is 1.93 bits per heavy atom. The van der Waals surface area contributed by atoms with Crippen molar-refractivity contribution < 1.29 is 29.3 Å². The molecule has 9 heteroatoms. The number of ether oxygens (including phenoxy) is 1. The Bertz CT molecular complexity index is 712. The van der Waals surface area contributed by atoms with E-state index in [0.717, 1.165) is 10.5 Å². The van der Waals surface area contributed by atoms with Gasteiger partial charge < -0.3 is 30.5 Å². The van der Waals surface area contributed by atoms with Gasteiger partial charge in [-0.2, -0.15) is 0 Å². The third kappa shape index (κ3) is 7.55. The standard InChI is InChI=1S/C21H31N3O6/c1-14(2)11-17(23-20(27)30-13-15-7-4-3-5-8-15)19(26)22-16-9-6-10-24(21(28)29)12-18(16)25/h3-5,7-8,14,16-18,25H,6,9-13H2,1-2H3,(H,22,26)(H,23,27)(H,28,29)/t16?,17-,18?/m0/s1. The number of carboxylic acid groups (broad SMARTS) is 1. The van der Waals surface area contributed by atoms with Crippen LogP contribution in [0.1, 0.15) is 38.7 Å². The van der Waals surface area contributed by atoms with E-state index < -0.39 is 36.3 Å². The summed E-state index contributed by atoms with van der Waals surface area (Å²) in [5, 5.41) is 24.9. The molecule has 0 spiro atoms. The normalized spacial score (nSPS) is 20.2. The molecule has 2 rings (SSSR count). The van der Waals surface area contributed by atoms with Crippen molar-refractivity contribution in [3.05, 3.63) is 35.9 Å². The van der Waals surface area contributed by atoms with Crippen LogP contribution in [0.2, 0.25) is 0 Å². The maximum absolute atomic E-state index is 12.8. The fourth-order valence-electron chi connectivity index (χ4n) is 3.37. The van der Waals surface area contributed by atoms with Crippen molar-refractivity contribution >= 4 is 18.1 Å². The second-order valence-electron chi connectivity index (χ2n) is 7.94. The molecule has 0 bridgehead atoms. The molecule has 1 aromatic carbocycles. The van der Waals surface area contributed by atoms with Gasteiger partial charge in [0.25, 0.3) is 0 Å². The third-order valence-electron chi connectivity index (χ3n) is 4.94. The molecule has 1 saturated heterocycles. The zero-order chi connectivity index (χ0) is 22.1. The Morgan fingerprint density at radius 1 is 1.23 bits per heavy atom. The van der Waals surface area contributed by atoms with Crippen LogP contribution in [0, 0.1) is 5.92 Å². The molecule has 1 aliphatic rings. The zero-order valence-electron chi connectivity index (χ0n) is 17.4. The molecular weight excluding hydrogens is 390 g/mol. The van der Waals surface area contributed by atoms with E-state index in [-0.39, 0.29) is 19.1 Å². The van der Waals surface area contributed by atoms with Crippen LogP contribution >= 0.6 is 0 Å². The Hall–Kier alpha value is -2.81. The van der Waals surface area contributed by atoms with Crippen LogP contribution in [0.3, 0.4) is 0 Å². The summed E-state index contributed by atoms with van der Waals surface area (Å²) in [7, 11) is 0. The number of benzene rings is 1. The fourth-order valence-corrected chi connectivity index (χ4v) is 3.37. The molecule has 1 aromatic rings. The van der Waals surface area contributed by atoms with E-state index in [9.17, 15) is 19.5 Å². The van der Waals surface area contributed by atoms with E-state index in [1.165, 1.54) is 0 Å². The number of likely N-dealkylation sites (tertiary alicyclic amines) is 1. The van der Waals surface area contributed by atoms with Crippen LogP contribution in [0.5, 0.6) is 0 Å². The Balaban J connectivity index is 1.93. The van der Waals surface area contributed by atoms with E-state index in [1.54, 1.807) is 0 Å². The first-order valence-electron chi connectivity index (χ1n) is 10.2. The van der Waals surface area contributed by atoms with Crippen molar-refractivity contribution in [1.29, 1.82) is 0 Å². The summed E-state index contributed by atoms with van der Waals surface area (Å²) in [6, 6.07) is 7.81. The lowest BCUT2D eigenvalue weighted by atomic mass is 10.0. The maximum Gasteiger partial charge on any atom is 0.408 e. The molecule has 9 nitrogen and oxygen atoms in total. The van der Waals surface area contributed by atoms with E-state index in [1.807, 2.05) is 44.2 Å². The minimum Gasteiger partial charge on any atom is -0.465 e. The van der Waals surface area contributed by atoms with Crippen LogP contribution in [-0.4, -0.2) is 64.5 Å². The molecule has 2 unspecified atom stereocenters. The number of aliphatic hydroxyl groups excluding tert-OH is 1. The number of nitrogens with zero attached hydrogens (tertiary/aromatic N) is 1. The lowest BCUT2D eigenvalue weighted by molar-refractivity contribution is -0.125. The molecule has 4 N–H and O–H groups in total. The topological polar surface area (TPSA) is 128 Å². The predicted octanol–water partition coefficient (Wildman–Crippen LogP) is 1.95. The minimum atomic E-state index is -1.10. The molecule has 1 fully saturated rings. The summed E-state index contributed by atoms with van der Waals surface area (Å²) in [6.07, 6.45) is -1.44. The summed E-state index contributed by atoms with van der Waals surface area (Å²) < 4.78 is 5.21. The molecule has 166 valence electrons. The molecule has 0 saturated carbocycles. The van der Waals surface area contributed by atoms with Gasteiger partial charge in [0.15, 0.2) is 0 Å². The summed E-state index contributed by atoms with van der Waals surface area (Å²) in [6.45, 7) is 4.19. The van der Waals surface area contributed by atoms with Gasteiger partial charge in [0.05, 0.1) is 18.7 Å². The minimum absolute atomic E-state index is 0.0678. The van der Waals surface area contributed by atoms with Gasteiger partial charge in [-0.3, -0.25) is 4.79 Å². The summed E-state index contributed by atoms with van der Waals surface area (Å²) in [4.78, 5) is 37.3. The molecule has 0 aromatic heterocycles. The molecule has 0 radical (unpaired) electrons. The Labute approximate surface area is 176 Å². The molecule has 30 heavy (non-hydrogen) atoms. The molecule has 3 amide bonds. The zero-order valence-corrected chi connectivity index (χ0v) is 17.4. The molecular formula is C21H31N3O6. The first-order valence-corrected chi connectivity index (χ1v) is 10.2. The van der Waals surface area contributed by atoms with E-state index in [0.29, 0.717) is 25.8 Å². The quantitative estimate of drug-likeness (QED) is 0.533. The summed E-state index contributed by atoms with van der Waals surface area (Å²) in [5.74, 6) is -0.287. The summed E-state index contributed by atoms with van der Waals surface area (Å²) >= 11 is 0. The average molecular weight is 421 g/mol. The number of alkyl carbamates (subject to hydrolysis) is 1. The predicted molar refractivity (Wildman–Crippen MR) is 110 cm³/mol. The number of carbonyl (C=O) groups is 3. The van der Waals surface area contributed by atoms with Crippen molar-refractivity contribution in [3.8, 4) is 0 Å². The second-order valence-corrected chi connectivity index (χ2v) is 7.94. The molecule has 0 aliphatic carbocycles. The largest absolute Gasteiger partial charge is 0.465 e. The van der Waals surface area contributed by atoms with E-state index in [4.69, 9.17) is 9.84 Å². The van der Waals surface area contributed by atoms with Crippen molar-refractivity contribution in [1.82, 2.24) is 15.5 Å². The number of hydrogen-bond donors (Lipinski definition) is 4. The number of amides is 3. The van der Waals surface area contributed by atoms with Crippen molar-refractivity contribution in [2.75, 3.05) is 13.1 Å². The highest BCUT2D eigenvalue weighted by Crippen LogP contribution is 2.14. The Morgan fingerprint density at radius 3 is 2.57 bits per heavy atom. The van der Waals surface area contributed by atoms with Gasteiger partial charge in [0.2, 0.25) is 5.91 Å². The summed E-state index contributed by atoms with van der Waals surface area (Å²) in [5.41, 5.74) is 0.835. The van der Waals surface area contributed by atoms with Gasteiger partial charge in [-0.15, -0.1) is 0 Å². The van der Waals surface area contributed by atoms with E-state index >= 15 is 0 Å². The smallest absolute Gasteiger partial charge is 0.408 e. The fraction of sp³-hybridized carbons (Fsp3) is 0.571. The third-order valence-corrected chi connectivity index (χ3v) is 4.94. The van der Waals surface area contributed by atoms with Crippen LogP contribution in [0.15, 0.2) is 30.3 Å². The van der Waals surface area contributed by atoms with Gasteiger partial charge in [0.1, 0.15) is 12.6 Å². The van der Waals surface area contributed by atoms with Crippen molar-refractivity contribution in [2.24, 2.45) is 5.92 Å². The first-order chi connectivity index (χ1) is 14.3. The molecule has 3 atom stereocenters. The van der Waals surface area contributed by atoms with Gasteiger partial charge in [-0.1, -0.05) is 44.2 Å². The monoisotopic (exact) mass is 421 g/mol. The number of β-amino-alcohol motifs (C(OH)–C–C–N with tert-alkyl or cyclic N) is 1. The highest BCUT2D eigenvalue weighted by molar-refractivity contribution is 5.85. The van der Waals surface area contributed by atoms with Crippen LogP contribution in [0.25, 0.3) is 0 Å². The van der Waals surface area contributed by atoms with Crippen molar-refractivity contribution in [3.63, 3.8) is 0 Å². The van der Waals surface area contributed by atoms with Crippen LogP contribution in [-0.2, 0) is 16.1 Å². The van der Waals surface area contributed by atoms with Crippen LogP contribution < -0.4 is 10.6 Å². The SMILES string of the molecule is CC(C)C[C@H](NC(=O)OCc1ccccc1)C(=O)NC1CCCN(C(=O)O)CC1O. The first kappa shape index (κ1) is 23.5. The van der Waals surface area contributed by atoms with Crippen molar-refractivity contribution in [2.45, 2.75) is 57.9 Å². The lowest BCUT2D eigenvalue weighted by Crippen LogP contribution is -2.54. The number of hydrogen-bond acceptors (Lipinski definition) is 5. The van der Waals surface area contributed by atoms with E-state index in [2.05, 4.69) is 10.6 Å². The highest BCUT2D eigenvalue weighted by atomic mass is 16.5. The van der Waals surface area contributed by atoms with Crippen LogP contribution in [0.4, 0.5) is 9.59 Å². The lowest BCUT2D eigenvalue weighted by Gasteiger charge is -2.26. The number of aliphatic hydroxyl groups is 1.